The van der Waals surface area contributed by atoms with Gasteiger partial charge in [0.25, 0.3) is 5.56 Å². The number of rotatable bonds is 8. The first-order valence-corrected chi connectivity index (χ1v) is 10.1. The Labute approximate surface area is 149 Å². The molecular weight excluding hydrogens is 320 g/mol. The fraction of sp³-hybridized carbons (Fsp3) is 0.667. The molecule has 5 nitrogen and oxygen atoms in total. The molecule has 1 aliphatic heterocycles. The normalized spacial score (nSPS) is 17.9. The molecule has 2 heterocycles. The Morgan fingerprint density at radius 1 is 1.38 bits per heavy atom. The number of nitrogens with one attached hydrogen (secondary N) is 2. The van der Waals surface area contributed by atoms with Gasteiger partial charge in [-0.15, -0.1) is 0 Å². The molecule has 2 rings (SSSR count). The maximum atomic E-state index is 11.8. The predicted octanol–water partition coefficient (Wildman–Crippen LogP) is 2.39. The lowest BCUT2D eigenvalue weighted by Gasteiger charge is -2.13. The van der Waals surface area contributed by atoms with Crippen LogP contribution in [-0.4, -0.2) is 41.2 Å². The van der Waals surface area contributed by atoms with Crippen molar-refractivity contribution in [2.75, 3.05) is 25.4 Å². The number of nitrogens with zero attached hydrogens (tertiary/aromatic N) is 2. The zero-order valence-electron chi connectivity index (χ0n) is 14.9. The second-order valence-corrected chi connectivity index (χ2v) is 7.55. The molecule has 0 spiro atoms. The van der Waals surface area contributed by atoms with Crippen molar-refractivity contribution in [3.8, 4) is 0 Å². The van der Waals surface area contributed by atoms with Gasteiger partial charge in [-0.25, -0.2) is 0 Å². The van der Waals surface area contributed by atoms with Crippen molar-refractivity contribution < 1.29 is 0 Å². The first-order chi connectivity index (χ1) is 11.7. The van der Waals surface area contributed by atoms with Crippen molar-refractivity contribution in [2.45, 2.75) is 51.3 Å². The smallest absolute Gasteiger partial charge is 0.250 e. The maximum absolute atomic E-state index is 11.8. The number of hydrogen-bond acceptors (Lipinski definition) is 3. The lowest BCUT2D eigenvalue weighted by molar-refractivity contribution is 0.575. The molecule has 0 bridgehead atoms. The van der Waals surface area contributed by atoms with Crippen LogP contribution in [0.2, 0.25) is 0 Å². The van der Waals surface area contributed by atoms with Gasteiger partial charge in [0, 0.05) is 36.6 Å². The molecular formula is C18H30N4OS. The van der Waals surface area contributed by atoms with Crippen LogP contribution in [0.5, 0.6) is 0 Å². The topological polar surface area (TPSA) is 58.4 Å². The van der Waals surface area contributed by atoms with E-state index in [1.165, 1.54) is 18.6 Å². The maximum Gasteiger partial charge on any atom is 0.250 e. The molecule has 1 aromatic heterocycles. The van der Waals surface area contributed by atoms with Crippen molar-refractivity contribution in [2.24, 2.45) is 4.99 Å². The van der Waals surface area contributed by atoms with Crippen LogP contribution in [0.1, 0.15) is 38.3 Å². The van der Waals surface area contributed by atoms with E-state index in [2.05, 4.69) is 17.6 Å². The molecule has 0 aliphatic carbocycles. The third-order valence-corrected chi connectivity index (χ3v) is 5.57. The second kappa shape index (κ2) is 10.4. The summed E-state index contributed by atoms with van der Waals surface area (Å²) in [7, 11) is 0. The van der Waals surface area contributed by atoms with Crippen molar-refractivity contribution in [3.05, 3.63) is 34.2 Å². The van der Waals surface area contributed by atoms with E-state index in [1.807, 2.05) is 35.4 Å². The molecule has 1 fully saturated rings. The van der Waals surface area contributed by atoms with Gasteiger partial charge in [0.15, 0.2) is 5.96 Å². The summed E-state index contributed by atoms with van der Waals surface area (Å²) in [4.78, 5) is 16.5. The Kier molecular flexibility index (Phi) is 8.22. The summed E-state index contributed by atoms with van der Waals surface area (Å²) in [6.07, 6.45) is 4.62. The van der Waals surface area contributed by atoms with Gasteiger partial charge in [0.05, 0.1) is 6.54 Å². The number of hydrogen-bond donors (Lipinski definition) is 2. The van der Waals surface area contributed by atoms with E-state index < -0.39 is 0 Å². The standard InChI is InChI=1S/C18H30N4OS/c1-3-19-18(21-14-16-9-7-13-24-16)20-11-4-5-12-22-15(2)8-6-10-17(22)23/h6,8,10,16H,3-5,7,9,11-14H2,1-2H3,(H2,19,20,21). The Hall–Kier alpha value is -1.43. The fourth-order valence-corrected chi connectivity index (χ4v) is 4.01. The molecule has 0 aromatic carbocycles. The van der Waals surface area contributed by atoms with E-state index in [4.69, 9.17) is 4.99 Å². The highest BCUT2D eigenvalue weighted by atomic mass is 32.2. The Morgan fingerprint density at radius 3 is 2.96 bits per heavy atom. The first-order valence-electron chi connectivity index (χ1n) is 9.01. The predicted molar refractivity (Wildman–Crippen MR) is 104 cm³/mol. The van der Waals surface area contributed by atoms with Crippen molar-refractivity contribution >= 4 is 17.7 Å². The molecule has 1 aromatic rings. The van der Waals surface area contributed by atoms with Gasteiger partial charge in [-0.05, 0) is 51.3 Å². The SMILES string of the molecule is CCNC(=NCC1CCCS1)NCCCCn1c(C)cccc1=O. The molecule has 0 saturated carbocycles. The molecule has 0 radical (unpaired) electrons. The summed E-state index contributed by atoms with van der Waals surface area (Å²) in [5.74, 6) is 2.20. The van der Waals surface area contributed by atoms with Crippen molar-refractivity contribution in [1.29, 1.82) is 0 Å². The van der Waals surface area contributed by atoms with Crippen molar-refractivity contribution in [1.82, 2.24) is 15.2 Å². The van der Waals surface area contributed by atoms with Crippen LogP contribution in [0.4, 0.5) is 0 Å². The van der Waals surface area contributed by atoms with Crippen LogP contribution >= 0.6 is 11.8 Å². The monoisotopic (exact) mass is 350 g/mol. The summed E-state index contributed by atoms with van der Waals surface area (Å²) >= 11 is 2.04. The highest BCUT2D eigenvalue weighted by Crippen LogP contribution is 2.25. The number of aliphatic imine (C=N–C) groups is 1. The number of aryl methyl sites for hydroxylation is 1. The minimum Gasteiger partial charge on any atom is -0.357 e. The summed E-state index contributed by atoms with van der Waals surface area (Å²) in [5, 5.41) is 7.40. The average molecular weight is 351 g/mol. The molecule has 1 unspecified atom stereocenters. The molecule has 134 valence electrons. The lowest BCUT2D eigenvalue weighted by Crippen LogP contribution is -2.38. The van der Waals surface area contributed by atoms with E-state index in [0.29, 0.717) is 5.25 Å². The Morgan fingerprint density at radius 2 is 2.25 bits per heavy atom. The average Bonchev–Trinajstić information content (AvgIpc) is 3.08. The van der Waals surface area contributed by atoms with Crippen LogP contribution in [0, 0.1) is 6.92 Å². The summed E-state index contributed by atoms with van der Waals surface area (Å²) in [5.41, 5.74) is 1.12. The van der Waals surface area contributed by atoms with Gasteiger partial charge < -0.3 is 15.2 Å². The van der Waals surface area contributed by atoms with Crippen LogP contribution in [0.25, 0.3) is 0 Å². The molecule has 2 N–H and O–H groups in total. The first kappa shape index (κ1) is 18.9. The minimum atomic E-state index is 0.0897. The zero-order valence-corrected chi connectivity index (χ0v) is 15.7. The van der Waals surface area contributed by atoms with E-state index in [9.17, 15) is 4.79 Å². The largest absolute Gasteiger partial charge is 0.357 e. The van der Waals surface area contributed by atoms with Gasteiger partial charge in [-0.1, -0.05) is 6.07 Å². The van der Waals surface area contributed by atoms with E-state index in [0.717, 1.165) is 50.7 Å². The number of unbranched alkanes of at least 4 members (excludes halogenated alkanes) is 1. The highest BCUT2D eigenvalue weighted by molar-refractivity contribution is 8.00. The van der Waals surface area contributed by atoms with E-state index >= 15 is 0 Å². The molecule has 24 heavy (non-hydrogen) atoms. The molecule has 1 saturated heterocycles. The lowest BCUT2D eigenvalue weighted by atomic mass is 10.2. The van der Waals surface area contributed by atoms with Gasteiger partial charge in [-0.2, -0.15) is 11.8 Å². The molecule has 6 heteroatoms. The van der Waals surface area contributed by atoms with Crippen LogP contribution in [0.3, 0.4) is 0 Å². The third-order valence-electron chi connectivity index (χ3n) is 4.19. The second-order valence-electron chi connectivity index (χ2n) is 6.15. The van der Waals surface area contributed by atoms with E-state index in [-0.39, 0.29) is 5.56 Å². The summed E-state index contributed by atoms with van der Waals surface area (Å²) < 4.78 is 1.84. The molecule has 1 aliphatic rings. The van der Waals surface area contributed by atoms with Gasteiger partial charge in [0.1, 0.15) is 0 Å². The van der Waals surface area contributed by atoms with E-state index in [1.54, 1.807) is 6.07 Å². The Bertz CT molecular complexity index is 579. The molecule has 1 atom stereocenters. The summed E-state index contributed by atoms with van der Waals surface area (Å²) in [6, 6.07) is 5.43. The van der Waals surface area contributed by atoms with Crippen LogP contribution in [0.15, 0.2) is 28.0 Å². The van der Waals surface area contributed by atoms with Crippen molar-refractivity contribution in [3.63, 3.8) is 0 Å². The van der Waals surface area contributed by atoms with Crippen LogP contribution in [-0.2, 0) is 6.54 Å². The van der Waals surface area contributed by atoms with Gasteiger partial charge in [-0.3, -0.25) is 9.79 Å². The molecule has 0 amide bonds. The number of aromatic nitrogens is 1. The number of pyridine rings is 1. The van der Waals surface area contributed by atoms with Gasteiger partial charge >= 0.3 is 0 Å². The Balaban J connectivity index is 1.70. The minimum absolute atomic E-state index is 0.0897. The zero-order chi connectivity index (χ0) is 17.2. The number of guanidine groups is 1. The quantitative estimate of drug-likeness (QED) is 0.429. The highest BCUT2D eigenvalue weighted by Gasteiger charge is 2.14. The van der Waals surface area contributed by atoms with Crippen LogP contribution < -0.4 is 16.2 Å². The fourth-order valence-electron chi connectivity index (χ4n) is 2.83. The number of thioether (sulfide) groups is 1. The summed E-state index contributed by atoms with van der Waals surface area (Å²) in [6.45, 7) is 7.51. The van der Waals surface area contributed by atoms with Gasteiger partial charge in [0.2, 0.25) is 0 Å². The third kappa shape index (κ3) is 6.23.